The number of anilines is 1. The number of fused-ring (bicyclic) bond motifs is 1. The molecule has 0 aliphatic heterocycles. The molecular formula is C23H24N2O5. The van der Waals surface area contributed by atoms with Crippen LogP contribution in [0, 0.1) is 0 Å². The summed E-state index contributed by atoms with van der Waals surface area (Å²) in [5, 5.41) is 12.6. The van der Waals surface area contributed by atoms with Crippen LogP contribution in [0.5, 0.6) is 11.5 Å². The average molecular weight is 408 g/mol. The van der Waals surface area contributed by atoms with Gasteiger partial charge >= 0.3 is 5.97 Å². The molecule has 7 heteroatoms. The van der Waals surface area contributed by atoms with Crippen LogP contribution in [0.2, 0.25) is 0 Å². The zero-order valence-corrected chi connectivity index (χ0v) is 17.0. The highest BCUT2D eigenvalue weighted by Gasteiger charge is 2.17. The lowest BCUT2D eigenvalue weighted by molar-refractivity contribution is 0.0696. The van der Waals surface area contributed by atoms with Crippen molar-refractivity contribution in [3.63, 3.8) is 0 Å². The first kappa shape index (κ1) is 21.1. The zero-order chi connectivity index (χ0) is 21.5. The Balaban J connectivity index is 1.82. The number of aromatic carboxylic acids is 1. The van der Waals surface area contributed by atoms with Gasteiger partial charge in [0.1, 0.15) is 0 Å². The molecule has 3 rings (SSSR count). The summed E-state index contributed by atoms with van der Waals surface area (Å²) in [6.07, 6.45) is 4.31. The molecule has 3 aromatic rings. The molecule has 0 fully saturated rings. The predicted molar refractivity (Wildman–Crippen MR) is 115 cm³/mol. The van der Waals surface area contributed by atoms with Gasteiger partial charge in [-0.25, -0.2) is 4.79 Å². The highest BCUT2D eigenvalue weighted by Crippen LogP contribution is 2.32. The van der Waals surface area contributed by atoms with Crippen molar-refractivity contribution in [2.75, 3.05) is 19.0 Å². The fraction of sp³-hybridized carbons (Fsp3) is 0.261. The maximum Gasteiger partial charge on any atom is 0.337 e. The molecule has 0 saturated heterocycles. The van der Waals surface area contributed by atoms with Gasteiger partial charge in [-0.15, -0.1) is 0 Å². The molecule has 1 aromatic heterocycles. The SMILES string of the molecule is CCCCCOc1c(OC)cccc1C(=O)Nc1ccc2cc(C(=O)O)cnc2c1. The number of carboxylic acid groups (broad SMARTS) is 1. The van der Waals surface area contributed by atoms with Gasteiger partial charge in [0.15, 0.2) is 11.5 Å². The number of hydrogen-bond donors (Lipinski definition) is 2. The number of carboxylic acids is 1. The minimum Gasteiger partial charge on any atom is -0.493 e. The molecule has 0 atom stereocenters. The monoisotopic (exact) mass is 408 g/mol. The Bertz CT molecular complexity index is 1060. The van der Waals surface area contributed by atoms with Gasteiger partial charge in [0.05, 0.1) is 30.4 Å². The largest absolute Gasteiger partial charge is 0.493 e. The summed E-state index contributed by atoms with van der Waals surface area (Å²) in [5.74, 6) is -0.452. The average Bonchev–Trinajstić information content (AvgIpc) is 2.76. The molecule has 156 valence electrons. The first-order valence-corrected chi connectivity index (χ1v) is 9.77. The van der Waals surface area contributed by atoms with E-state index in [9.17, 15) is 9.59 Å². The first-order chi connectivity index (χ1) is 14.5. The van der Waals surface area contributed by atoms with E-state index < -0.39 is 5.97 Å². The molecular weight excluding hydrogens is 384 g/mol. The van der Waals surface area contributed by atoms with Crippen LogP contribution >= 0.6 is 0 Å². The Morgan fingerprint density at radius 3 is 2.70 bits per heavy atom. The van der Waals surface area contributed by atoms with Gasteiger partial charge in [0, 0.05) is 17.3 Å². The summed E-state index contributed by atoms with van der Waals surface area (Å²) in [5.41, 5.74) is 1.61. The van der Waals surface area contributed by atoms with Crippen LogP contribution < -0.4 is 14.8 Å². The molecule has 7 nitrogen and oxygen atoms in total. The van der Waals surface area contributed by atoms with Crippen molar-refractivity contribution in [3.8, 4) is 11.5 Å². The molecule has 0 bridgehead atoms. The standard InChI is InChI=1S/C23H24N2O5/c1-3-4-5-11-30-21-18(7-6-8-20(21)29-2)22(26)25-17-10-9-15-12-16(23(27)28)14-24-19(15)13-17/h6-10,12-14H,3-5,11H2,1-2H3,(H,25,26)(H,27,28). The second-order valence-electron chi connectivity index (χ2n) is 6.78. The predicted octanol–water partition coefficient (Wildman–Crippen LogP) is 4.76. The lowest BCUT2D eigenvalue weighted by Gasteiger charge is -2.15. The molecule has 2 N–H and O–H groups in total. The van der Waals surface area contributed by atoms with Crippen molar-refractivity contribution in [1.29, 1.82) is 0 Å². The summed E-state index contributed by atoms with van der Waals surface area (Å²) >= 11 is 0. The van der Waals surface area contributed by atoms with E-state index in [1.54, 1.807) is 42.5 Å². The third kappa shape index (κ3) is 4.86. The molecule has 0 unspecified atom stereocenters. The highest BCUT2D eigenvalue weighted by atomic mass is 16.5. The van der Waals surface area contributed by atoms with Crippen LogP contribution in [0.1, 0.15) is 46.9 Å². The second-order valence-corrected chi connectivity index (χ2v) is 6.78. The molecule has 0 aliphatic carbocycles. The normalized spacial score (nSPS) is 10.6. The number of carbonyl (C=O) groups is 2. The molecule has 2 aromatic carbocycles. The third-order valence-corrected chi connectivity index (χ3v) is 4.63. The molecule has 0 saturated carbocycles. The fourth-order valence-electron chi connectivity index (χ4n) is 3.05. The van der Waals surface area contributed by atoms with Crippen LogP contribution in [0.3, 0.4) is 0 Å². The van der Waals surface area contributed by atoms with Gasteiger partial charge in [0.25, 0.3) is 5.91 Å². The number of amides is 1. The summed E-state index contributed by atoms with van der Waals surface area (Å²) in [6, 6.07) is 11.8. The van der Waals surface area contributed by atoms with Crippen molar-refractivity contribution >= 4 is 28.5 Å². The van der Waals surface area contributed by atoms with Crippen LogP contribution in [-0.2, 0) is 0 Å². The Kier molecular flexibility index (Phi) is 6.85. The van der Waals surface area contributed by atoms with Crippen LogP contribution in [0.4, 0.5) is 5.69 Å². The Hall–Kier alpha value is -3.61. The van der Waals surface area contributed by atoms with E-state index in [1.165, 1.54) is 13.3 Å². The lowest BCUT2D eigenvalue weighted by atomic mass is 10.1. The number of ether oxygens (including phenoxy) is 2. The van der Waals surface area contributed by atoms with Crippen molar-refractivity contribution < 1.29 is 24.2 Å². The molecule has 1 amide bonds. The van der Waals surface area contributed by atoms with Crippen molar-refractivity contribution in [2.24, 2.45) is 0 Å². The van der Waals surface area contributed by atoms with E-state index in [0.717, 1.165) is 19.3 Å². The number of benzene rings is 2. The van der Waals surface area contributed by atoms with Crippen molar-refractivity contribution in [1.82, 2.24) is 4.98 Å². The number of pyridine rings is 1. The number of para-hydroxylation sites is 1. The van der Waals surface area contributed by atoms with E-state index in [0.29, 0.717) is 40.3 Å². The molecule has 0 radical (unpaired) electrons. The second kappa shape index (κ2) is 9.73. The van der Waals surface area contributed by atoms with Gasteiger partial charge in [0.2, 0.25) is 0 Å². The maximum atomic E-state index is 12.9. The quantitative estimate of drug-likeness (QED) is 0.495. The number of aromatic nitrogens is 1. The van der Waals surface area contributed by atoms with Gasteiger partial charge in [-0.05, 0) is 36.8 Å². The van der Waals surface area contributed by atoms with E-state index in [2.05, 4.69) is 17.2 Å². The Labute approximate surface area is 174 Å². The maximum absolute atomic E-state index is 12.9. The van der Waals surface area contributed by atoms with Crippen LogP contribution in [0.25, 0.3) is 10.9 Å². The van der Waals surface area contributed by atoms with E-state index >= 15 is 0 Å². The summed E-state index contributed by atoms with van der Waals surface area (Å²) in [7, 11) is 1.54. The number of unbranched alkanes of at least 4 members (excludes halogenated alkanes) is 2. The van der Waals surface area contributed by atoms with E-state index in [1.807, 2.05) is 0 Å². The lowest BCUT2D eigenvalue weighted by Crippen LogP contribution is -2.14. The minimum absolute atomic E-state index is 0.112. The van der Waals surface area contributed by atoms with Gasteiger partial charge in [-0.3, -0.25) is 9.78 Å². The summed E-state index contributed by atoms with van der Waals surface area (Å²) in [4.78, 5) is 28.2. The van der Waals surface area contributed by atoms with Crippen LogP contribution in [-0.4, -0.2) is 35.7 Å². The fourth-order valence-corrected chi connectivity index (χ4v) is 3.05. The third-order valence-electron chi connectivity index (χ3n) is 4.63. The molecule has 0 aliphatic rings. The summed E-state index contributed by atoms with van der Waals surface area (Å²) < 4.78 is 11.2. The Morgan fingerprint density at radius 1 is 1.13 bits per heavy atom. The number of nitrogens with one attached hydrogen (secondary N) is 1. The van der Waals surface area contributed by atoms with Gasteiger partial charge in [-0.2, -0.15) is 0 Å². The molecule has 0 spiro atoms. The topological polar surface area (TPSA) is 97.8 Å². The van der Waals surface area contributed by atoms with Crippen molar-refractivity contribution in [2.45, 2.75) is 26.2 Å². The van der Waals surface area contributed by atoms with E-state index in [4.69, 9.17) is 14.6 Å². The summed E-state index contributed by atoms with van der Waals surface area (Å²) in [6.45, 7) is 2.61. The number of methoxy groups -OCH3 is 1. The number of nitrogens with zero attached hydrogens (tertiary/aromatic N) is 1. The number of rotatable bonds is 9. The van der Waals surface area contributed by atoms with Gasteiger partial charge in [-0.1, -0.05) is 31.9 Å². The van der Waals surface area contributed by atoms with Crippen LogP contribution in [0.15, 0.2) is 48.7 Å². The minimum atomic E-state index is -1.04. The van der Waals surface area contributed by atoms with E-state index in [-0.39, 0.29) is 11.5 Å². The van der Waals surface area contributed by atoms with Gasteiger partial charge < -0.3 is 19.9 Å². The highest BCUT2D eigenvalue weighted by molar-refractivity contribution is 6.07. The molecule has 1 heterocycles. The number of carbonyl (C=O) groups excluding carboxylic acids is 1. The molecule has 30 heavy (non-hydrogen) atoms. The smallest absolute Gasteiger partial charge is 0.337 e. The van der Waals surface area contributed by atoms with Crippen molar-refractivity contribution in [3.05, 3.63) is 59.8 Å². The number of hydrogen-bond acceptors (Lipinski definition) is 5. The zero-order valence-electron chi connectivity index (χ0n) is 17.0. The Morgan fingerprint density at radius 2 is 1.97 bits per heavy atom. The first-order valence-electron chi connectivity index (χ1n) is 9.77.